The van der Waals surface area contributed by atoms with E-state index in [0.717, 1.165) is 0 Å². The van der Waals surface area contributed by atoms with E-state index in [1.54, 1.807) is 0 Å². The Labute approximate surface area is 110 Å². The molecule has 0 unspecified atom stereocenters. The van der Waals surface area contributed by atoms with Crippen molar-refractivity contribution in [3.8, 4) is 11.1 Å². The highest BCUT2D eigenvalue weighted by molar-refractivity contribution is 5.62. The molecular weight excluding hydrogens is 218 g/mol. The van der Waals surface area contributed by atoms with Gasteiger partial charge in [-0.3, -0.25) is 4.98 Å². The smallest absolute Gasteiger partial charge is 0.0346 e. The number of rotatable bonds is 4. The molecule has 0 aliphatic rings. The normalized spacial score (nSPS) is 11.5. The zero-order valence-corrected chi connectivity index (χ0v) is 11.5. The molecule has 1 aromatic heterocycles. The van der Waals surface area contributed by atoms with Crippen LogP contribution in [0.1, 0.15) is 39.2 Å². The van der Waals surface area contributed by atoms with Crippen LogP contribution in [0.4, 0.5) is 0 Å². The summed E-state index contributed by atoms with van der Waals surface area (Å²) in [6, 6.07) is 13.0. The zero-order valence-electron chi connectivity index (χ0n) is 11.5. The van der Waals surface area contributed by atoms with Crippen LogP contribution in [0.5, 0.6) is 0 Å². The van der Waals surface area contributed by atoms with Gasteiger partial charge in [0.2, 0.25) is 0 Å². The summed E-state index contributed by atoms with van der Waals surface area (Å²) in [6.07, 6.45) is 6.07. The topological polar surface area (TPSA) is 12.9 Å². The Hall–Kier alpha value is -1.63. The molecule has 1 aromatic carbocycles. The molecule has 2 aromatic rings. The maximum Gasteiger partial charge on any atom is 0.0346 e. The predicted molar refractivity (Wildman–Crippen MR) is 77.6 cm³/mol. The highest BCUT2D eigenvalue weighted by Crippen LogP contribution is 2.32. The second-order valence-corrected chi connectivity index (χ2v) is 5.09. The summed E-state index contributed by atoms with van der Waals surface area (Å²) in [5.74, 6) is 0. The number of benzene rings is 1. The summed E-state index contributed by atoms with van der Waals surface area (Å²) in [7, 11) is 0. The Morgan fingerprint density at radius 1 is 0.944 bits per heavy atom. The Kier molecular flexibility index (Phi) is 3.81. The summed E-state index contributed by atoms with van der Waals surface area (Å²) in [5, 5.41) is 0. The quantitative estimate of drug-likeness (QED) is 0.745. The van der Waals surface area contributed by atoms with Crippen LogP contribution < -0.4 is 0 Å². The lowest BCUT2D eigenvalue weighted by Gasteiger charge is -2.27. The van der Waals surface area contributed by atoms with Gasteiger partial charge < -0.3 is 0 Å². The van der Waals surface area contributed by atoms with E-state index in [0.29, 0.717) is 5.41 Å². The van der Waals surface area contributed by atoms with Crippen molar-refractivity contribution in [1.29, 1.82) is 0 Å². The Morgan fingerprint density at radius 3 is 2.11 bits per heavy atom. The first-order chi connectivity index (χ1) is 8.69. The summed E-state index contributed by atoms with van der Waals surface area (Å²) < 4.78 is 0. The second kappa shape index (κ2) is 5.34. The molecule has 0 atom stereocenters. The van der Waals surface area contributed by atoms with Gasteiger partial charge in [-0.15, -0.1) is 0 Å². The van der Waals surface area contributed by atoms with Gasteiger partial charge in [0.05, 0.1) is 0 Å². The van der Waals surface area contributed by atoms with E-state index in [1.807, 2.05) is 18.5 Å². The number of aromatic nitrogens is 1. The lowest BCUT2D eigenvalue weighted by atomic mass is 9.77. The Bertz CT molecular complexity index is 481. The van der Waals surface area contributed by atoms with Crippen LogP contribution >= 0.6 is 0 Å². The number of hydrogen-bond donors (Lipinski definition) is 0. The highest BCUT2D eigenvalue weighted by atomic mass is 14.6. The van der Waals surface area contributed by atoms with Crippen LogP contribution in [0.2, 0.25) is 0 Å². The van der Waals surface area contributed by atoms with E-state index in [4.69, 9.17) is 0 Å². The van der Waals surface area contributed by atoms with Crippen molar-refractivity contribution in [3.05, 3.63) is 54.4 Å². The molecule has 18 heavy (non-hydrogen) atoms. The van der Waals surface area contributed by atoms with Gasteiger partial charge >= 0.3 is 0 Å². The largest absolute Gasteiger partial charge is 0.264 e. The molecule has 0 amide bonds. The van der Waals surface area contributed by atoms with E-state index in [1.165, 1.54) is 29.5 Å². The van der Waals surface area contributed by atoms with Gasteiger partial charge in [-0.25, -0.2) is 0 Å². The Morgan fingerprint density at radius 2 is 1.61 bits per heavy atom. The van der Waals surface area contributed by atoms with Crippen molar-refractivity contribution in [1.82, 2.24) is 4.98 Å². The number of pyridine rings is 1. The van der Waals surface area contributed by atoms with Crippen LogP contribution in [0.15, 0.2) is 48.8 Å². The van der Waals surface area contributed by atoms with Crippen molar-refractivity contribution >= 4 is 0 Å². The van der Waals surface area contributed by atoms with Crippen LogP contribution in [0.3, 0.4) is 0 Å². The SMILES string of the molecule is CCC(C)(CC)c1ccc(-c2cccnc2)cc1. The fourth-order valence-corrected chi connectivity index (χ4v) is 2.26. The molecule has 0 N–H and O–H groups in total. The van der Waals surface area contributed by atoms with Gasteiger partial charge in [0.1, 0.15) is 0 Å². The fraction of sp³-hybridized carbons (Fsp3) is 0.353. The molecule has 0 saturated carbocycles. The van der Waals surface area contributed by atoms with Gasteiger partial charge in [-0.05, 0) is 41.0 Å². The maximum absolute atomic E-state index is 4.16. The first kappa shape index (κ1) is 12.8. The maximum atomic E-state index is 4.16. The van der Waals surface area contributed by atoms with Gasteiger partial charge in [0, 0.05) is 12.4 Å². The molecule has 1 nitrogen and oxygen atoms in total. The summed E-state index contributed by atoms with van der Waals surface area (Å²) >= 11 is 0. The lowest BCUT2D eigenvalue weighted by Crippen LogP contribution is -2.19. The van der Waals surface area contributed by atoms with E-state index >= 15 is 0 Å². The summed E-state index contributed by atoms with van der Waals surface area (Å²) in [4.78, 5) is 4.16. The molecule has 1 heterocycles. The van der Waals surface area contributed by atoms with Crippen molar-refractivity contribution in [3.63, 3.8) is 0 Å². The molecule has 0 saturated heterocycles. The minimum atomic E-state index is 0.299. The van der Waals surface area contributed by atoms with Crippen LogP contribution in [0.25, 0.3) is 11.1 Å². The highest BCUT2D eigenvalue weighted by Gasteiger charge is 2.21. The molecule has 0 aliphatic carbocycles. The van der Waals surface area contributed by atoms with Gasteiger partial charge in [-0.1, -0.05) is 51.1 Å². The zero-order chi connectivity index (χ0) is 13.0. The first-order valence-electron chi connectivity index (χ1n) is 6.70. The molecule has 1 heteroatoms. The molecule has 2 rings (SSSR count). The predicted octanol–water partition coefficient (Wildman–Crippen LogP) is 4.83. The molecule has 0 bridgehead atoms. The molecule has 0 radical (unpaired) electrons. The third-order valence-corrected chi connectivity index (χ3v) is 4.14. The number of nitrogens with zero attached hydrogens (tertiary/aromatic N) is 1. The van der Waals surface area contributed by atoms with Crippen molar-refractivity contribution in [2.24, 2.45) is 0 Å². The van der Waals surface area contributed by atoms with E-state index < -0.39 is 0 Å². The lowest BCUT2D eigenvalue weighted by molar-refractivity contribution is 0.439. The van der Waals surface area contributed by atoms with Gasteiger partial charge in [-0.2, -0.15) is 0 Å². The first-order valence-corrected chi connectivity index (χ1v) is 6.70. The minimum Gasteiger partial charge on any atom is -0.264 e. The fourth-order valence-electron chi connectivity index (χ4n) is 2.26. The average Bonchev–Trinajstić information content (AvgIpc) is 2.47. The van der Waals surface area contributed by atoms with Crippen molar-refractivity contribution < 1.29 is 0 Å². The molecule has 0 spiro atoms. The van der Waals surface area contributed by atoms with Gasteiger partial charge in [0.25, 0.3) is 0 Å². The average molecular weight is 239 g/mol. The standard InChI is InChI=1S/C17H21N/c1-4-17(3,5-2)16-10-8-14(9-11-16)15-7-6-12-18-13-15/h6-13H,4-5H2,1-3H3. The monoisotopic (exact) mass is 239 g/mol. The van der Waals surface area contributed by atoms with Gasteiger partial charge in [0.15, 0.2) is 0 Å². The summed E-state index contributed by atoms with van der Waals surface area (Å²) in [5.41, 5.74) is 4.15. The number of hydrogen-bond acceptors (Lipinski definition) is 1. The van der Waals surface area contributed by atoms with Crippen LogP contribution in [-0.2, 0) is 5.41 Å². The third kappa shape index (κ3) is 2.45. The minimum absolute atomic E-state index is 0.299. The van der Waals surface area contributed by atoms with Crippen molar-refractivity contribution in [2.75, 3.05) is 0 Å². The third-order valence-electron chi connectivity index (χ3n) is 4.14. The summed E-state index contributed by atoms with van der Waals surface area (Å²) in [6.45, 7) is 6.86. The van der Waals surface area contributed by atoms with E-state index in [-0.39, 0.29) is 0 Å². The molecular formula is C17H21N. The molecule has 0 aliphatic heterocycles. The molecule has 0 fully saturated rings. The van der Waals surface area contributed by atoms with Crippen LogP contribution in [0, 0.1) is 0 Å². The van der Waals surface area contributed by atoms with E-state index in [9.17, 15) is 0 Å². The second-order valence-electron chi connectivity index (χ2n) is 5.09. The molecule has 94 valence electrons. The van der Waals surface area contributed by atoms with Crippen LogP contribution in [-0.4, -0.2) is 4.98 Å². The Balaban J connectivity index is 2.31. The van der Waals surface area contributed by atoms with Crippen molar-refractivity contribution in [2.45, 2.75) is 39.0 Å². The van der Waals surface area contributed by atoms with E-state index in [2.05, 4.69) is 56.1 Å².